The molecule has 80 valence electrons. The molecule has 0 atom stereocenters. The van der Waals surface area contributed by atoms with Gasteiger partial charge < -0.3 is 15.0 Å². The Balaban J connectivity index is 2.95. The SMILES string of the molecule is COC(=O)c1nc(C=CC(N)=O)cn1C. The largest absolute Gasteiger partial charge is 0.463 e. The average molecular weight is 209 g/mol. The summed E-state index contributed by atoms with van der Waals surface area (Å²) in [4.78, 5) is 25.6. The lowest BCUT2D eigenvalue weighted by atomic mass is 10.4. The fourth-order valence-corrected chi connectivity index (χ4v) is 1.02. The summed E-state index contributed by atoms with van der Waals surface area (Å²) in [6.07, 6.45) is 4.18. The number of nitrogens with two attached hydrogens (primary N) is 1. The number of aryl methyl sites for hydroxylation is 1. The third-order valence-corrected chi connectivity index (χ3v) is 1.68. The Hall–Kier alpha value is -2.11. The average Bonchev–Trinajstić information content (AvgIpc) is 2.55. The van der Waals surface area contributed by atoms with Gasteiger partial charge in [0.25, 0.3) is 0 Å². The molecule has 0 radical (unpaired) electrons. The van der Waals surface area contributed by atoms with Crippen LogP contribution in [-0.2, 0) is 16.6 Å². The Morgan fingerprint density at radius 2 is 2.27 bits per heavy atom. The van der Waals surface area contributed by atoms with Crippen LogP contribution in [0.2, 0.25) is 0 Å². The molecule has 0 spiro atoms. The van der Waals surface area contributed by atoms with Crippen LogP contribution in [0, 0.1) is 0 Å². The highest BCUT2D eigenvalue weighted by Gasteiger charge is 2.12. The summed E-state index contributed by atoms with van der Waals surface area (Å²) in [5.41, 5.74) is 5.39. The van der Waals surface area contributed by atoms with E-state index >= 15 is 0 Å². The van der Waals surface area contributed by atoms with Gasteiger partial charge in [-0.05, 0) is 6.08 Å². The topological polar surface area (TPSA) is 87.2 Å². The van der Waals surface area contributed by atoms with E-state index in [4.69, 9.17) is 5.73 Å². The highest BCUT2D eigenvalue weighted by molar-refractivity contribution is 5.90. The third kappa shape index (κ3) is 2.67. The fourth-order valence-electron chi connectivity index (χ4n) is 1.02. The number of nitrogens with zero attached hydrogens (tertiary/aromatic N) is 2. The zero-order valence-corrected chi connectivity index (χ0v) is 8.43. The molecule has 0 saturated heterocycles. The lowest BCUT2D eigenvalue weighted by Gasteiger charge is -1.96. The van der Waals surface area contributed by atoms with Crippen LogP contribution in [0.15, 0.2) is 12.3 Å². The number of primary amides is 1. The van der Waals surface area contributed by atoms with Crippen molar-refractivity contribution in [3.8, 4) is 0 Å². The van der Waals surface area contributed by atoms with Crippen LogP contribution in [0.5, 0.6) is 0 Å². The number of imidazole rings is 1. The predicted molar refractivity (Wildman–Crippen MR) is 52.8 cm³/mol. The molecule has 1 aromatic rings. The van der Waals surface area contributed by atoms with E-state index in [1.54, 1.807) is 13.2 Å². The summed E-state index contributed by atoms with van der Waals surface area (Å²) in [7, 11) is 2.93. The first-order chi connectivity index (χ1) is 7.04. The Kier molecular flexibility index (Phi) is 3.22. The molecule has 0 aliphatic carbocycles. The summed E-state index contributed by atoms with van der Waals surface area (Å²) in [6.45, 7) is 0. The first kappa shape index (κ1) is 11.0. The zero-order chi connectivity index (χ0) is 11.4. The predicted octanol–water partition coefficient (Wildman–Crippen LogP) is -0.295. The Morgan fingerprint density at radius 3 is 2.80 bits per heavy atom. The number of carbonyl (C=O) groups is 2. The van der Waals surface area contributed by atoms with Crippen molar-refractivity contribution in [2.75, 3.05) is 7.11 Å². The van der Waals surface area contributed by atoms with Gasteiger partial charge in [-0.3, -0.25) is 4.79 Å². The summed E-state index contributed by atoms with van der Waals surface area (Å²) in [5.74, 6) is -0.932. The number of hydrogen-bond donors (Lipinski definition) is 1. The number of amides is 1. The minimum atomic E-state index is -0.569. The van der Waals surface area contributed by atoms with E-state index in [0.29, 0.717) is 5.69 Å². The molecule has 0 bridgehead atoms. The van der Waals surface area contributed by atoms with Crippen molar-refractivity contribution < 1.29 is 14.3 Å². The normalized spacial score (nSPS) is 10.5. The van der Waals surface area contributed by atoms with Crippen molar-refractivity contribution in [3.63, 3.8) is 0 Å². The maximum atomic E-state index is 11.2. The van der Waals surface area contributed by atoms with Gasteiger partial charge in [-0.2, -0.15) is 0 Å². The third-order valence-electron chi connectivity index (χ3n) is 1.68. The molecule has 0 saturated carbocycles. The van der Waals surface area contributed by atoms with Gasteiger partial charge in [0.1, 0.15) is 0 Å². The summed E-state index contributed by atoms with van der Waals surface area (Å²) >= 11 is 0. The van der Waals surface area contributed by atoms with Crippen molar-refractivity contribution >= 4 is 18.0 Å². The monoisotopic (exact) mass is 209 g/mol. The minimum Gasteiger partial charge on any atom is -0.463 e. The van der Waals surface area contributed by atoms with Crippen molar-refractivity contribution in [2.24, 2.45) is 12.8 Å². The van der Waals surface area contributed by atoms with Crippen LogP contribution in [0.4, 0.5) is 0 Å². The second kappa shape index (κ2) is 4.41. The van der Waals surface area contributed by atoms with Gasteiger partial charge in [-0.1, -0.05) is 0 Å². The lowest BCUT2D eigenvalue weighted by molar-refractivity contribution is -0.113. The molecule has 0 aliphatic rings. The van der Waals surface area contributed by atoms with Gasteiger partial charge in [0, 0.05) is 19.3 Å². The quantitative estimate of drug-likeness (QED) is 0.547. The van der Waals surface area contributed by atoms with Crippen LogP contribution >= 0.6 is 0 Å². The molecule has 1 heterocycles. The summed E-state index contributed by atoms with van der Waals surface area (Å²) < 4.78 is 6.02. The van der Waals surface area contributed by atoms with E-state index in [-0.39, 0.29) is 5.82 Å². The molecule has 1 aromatic heterocycles. The maximum Gasteiger partial charge on any atom is 0.374 e. The van der Waals surface area contributed by atoms with Gasteiger partial charge >= 0.3 is 5.97 Å². The zero-order valence-electron chi connectivity index (χ0n) is 8.43. The molecule has 6 nitrogen and oxygen atoms in total. The van der Waals surface area contributed by atoms with E-state index in [1.807, 2.05) is 0 Å². The van der Waals surface area contributed by atoms with Gasteiger partial charge in [0.05, 0.1) is 12.8 Å². The maximum absolute atomic E-state index is 11.2. The molecule has 0 aliphatic heterocycles. The van der Waals surface area contributed by atoms with Gasteiger partial charge in [0.15, 0.2) is 0 Å². The molecule has 0 aromatic carbocycles. The molecule has 6 heteroatoms. The van der Waals surface area contributed by atoms with Gasteiger partial charge in [-0.15, -0.1) is 0 Å². The molecule has 0 fully saturated rings. The Labute approximate surface area is 86.3 Å². The molecule has 0 unspecified atom stereocenters. The number of rotatable bonds is 3. The summed E-state index contributed by atoms with van der Waals surface area (Å²) in [5, 5.41) is 0. The van der Waals surface area contributed by atoms with Crippen LogP contribution in [0.25, 0.3) is 6.08 Å². The fraction of sp³-hybridized carbons (Fsp3) is 0.222. The highest BCUT2D eigenvalue weighted by atomic mass is 16.5. The first-order valence-corrected chi connectivity index (χ1v) is 4.13. The first-order valence-electron chi connectivity index (χ1n) is 4.13. The Bertz CT molecular complexity index is 420. The van der Waals surface area contributed by atoms with Gasteiger partial charge in [0.2, 0.25) is 11.7 Å². The van der Waals surface area contributed by atoms with Crippen molar-refractivity contribution in [2.45, 2.75) is 0 Å². The number of aromatic nitrogens is 2. The number of ether oxygens (including phenoxy) is 1. The van der Waals surface area contributed by atoms with Crippen molar-refractivity contribution in [1.82, 2.24) is 9.55 Å². The second-order valence-electron chi connectivity index (χ2n) is 2.83. The van der Waals surface area contributed by atoms with Crippen LogP contribution in [-0.4, -0.2) is 28.5 Å². The summed E-state index contributed by atoms with van der Waals surface area (Å²) in [6, 6.07) is 0. The van der Waals surface area contributed by atoms with E-state index in [2.05, 4.69) is 9.72 Å². The molecule has 1 rings (SSSR count). The Morgan fingerprint density at radius 1 is 1.60 bits per heavy atom. The van der Waals surface area contributed by atoms with Crippen LogP contribution in [0.1, 0.15) is 16.3 Å². The second-order valence-corrected chi connectivity index (χ2v) is 2.83. The van der Waals surface area contributed by atoms with Gasteiger partial charge in [-0.25, -0.2) is 9.78 Å². The number of esters is 1. The van der Waals surface area contributed by atoms with E-state index < -0.39 is 11.9 Å². The molecular weight excluding hydrogens is 198 g/mol. The number of methoxy groups -OCH3 is 1. The lowest BCUT2D eigenvalue weighted by Crippen LogP contribution is -2.08. The van der Waals surface area contributed by atoms with E-state index in [9.17, 15) is 9.59 Å². The smallest absolute Gasteiger partial charge is 0.374 e. The van der Waals surface area contributed by atoms with Crippen molar-refractivity contribution in [3.05, 3.63) is 23.8 Å². The van der Waals surface area contributed by atoms with Crippen molar-refractivity contribution in [1.29, 1.82) is 0 Å². The number of carbonyl (C=O) groups excluding carboxylic acids is 2. The van der Waals surface area contributed by atoms with Crippen LogP contribution < -0.4 is 5.73 Å². The van der Waals surface area contributed by atoms with Crippen LogP contribution in [0.3, 0.4) is 0 Å². The molecule has 15 heavy (non-hydrogen) atoms. The van der Waals surface area contributed by atoms with E-state index in [1.165, 1.54) is 23.8 Å². The standard InChI is InChI=1S/C9H11N3O3/c1-12-5-6(3-4-7(10)13)11-8(12)9(14)15-2/h3-5H,1-2H3,(H2,10,13). The van der Waals surface area contributed by atoms with E-state index in [0.717, 1.165) is 0 Å². The minimum absolute atomic E-state index is 0.168. The number of hydrogen-bond acceptors (Lipinski definition) is 4. The molecule has 2 N–H and O–H groups in total. The molecular formula is C9H11N3O3. The molecule has 1 amide bonds. The highest BCUT2D eigenvalue weighted by Crippen LogP contribution is 2.04.